The number of unbranched alkanes of at least 4 members (excludes halogenated alkanes) is 4. The number of aliphatic hydroxyl groups is 4. The molecule has 0 saturated heterocycles. The second-order valence-electron chi connectivity index (χ2n) is 16.6. The number of nitrogens with zero attached hydrogens (tertiary/aromatic N) is 1. The Hall–Kier alpha value is -5.65. The summed E-state index contributed by atoms with van der Waals surface area (Å²) in [4.78, 5) is 54.6. The van der Waals surface area contributed by atoms with Gasteiger partial charge in [0, 0.05) is 17.9 Å². The Morgan fingerprint density at radius 2 is 1.31 bits per heavy atom. The van der Waals surface area contributed by atoms with Gasteiger partial charge in [-0.2, -0.15) is 0 Å². The maximum atomic E-state index is 14.3. The number of Topliss-reactive ketones (excluding diaryl/α,β-unsaturated/α-hetero) is 2. The molecule has 0 bridgehead atoms. The first-order chi connectivity index (χ1) is 29.2. The van der Waals surface area contributed by atoms with Crippen LogP contribution in [-0.2, 0) is 19.2 Å². The molecule has 318 valence electrons. The van der Waals surface area contributed by atoms with Crippen molar-refractivity contribution >= 4 is 58.0 Å². The zero-order chi connectivity index (χ0) is 43.8. The summed E-state index contributed by atoms with van der Waals surface area (Å²) in [5.74, 6) is -10.1. The van der Waals surface area contributed by atoms with Crippen molar-refractivity contribution in [2.75, 3.05) is 25.6 Å². The molecule has 61 heavy (non-hydrogen) atoms. The number of hydrogen-bond donors (Lipinski definition) is 7. The lowest BCUT2D eigenvalue weighted by Gasteiger charge is -2.53. The second-order valence-corrected chi connectivity index (χ2v) is 20.2. The zero-order valence-corrected chi connectivity index (χ0v) is 35.4. The molecule has 0 aliphatic heterocycles. The van der Waals surface area contributed by atoms with Gasteiger partial charge < -0.3 is 36.6 Å². The van der Waals surface area contributed by atoms with Crippen LogP contribution in [0.3, 0.4) is 0 Å². The number of nitrogens with one attached hydrogen (secondary N) is 1. The molecule has 4 aromatic carbocycles. The SMILES string of the molecule is C[C@H]1c2ccc(NC(=O)CCCCCCC[P+](c3ccccc3)(c3ccccc3)c3ccccc3)c(O)c2C(O)=C2C(=O)[C@]3(O)C(O)=C(C(N)=O)C(=O)[C@@H](N(C)C)[C@@H]3[C@@H](O)[C@@H]21. The van der Waals surface area contributed by atoms with Gasteiger partial charge in [-0.25, -0.2) is 0 Å². The molecule has 0 spiro atoms. The summed E-state index contributed by atoms with van der Waals surface area (Å²) < 4.78 is 0. The standard InChI is InChI=1S/C48H52N3O9P/c1-28-32-25-26-33(41(53)36(32)42(54)37-35(28)43(55)39-40(51(2)3)44(56)38(47(49)59)46(58)48(39,60)45(37)57)50-34(52)24-16-5-4-6-17-27-61(29-18-10-7-11-19-29,30-20-12-8-13-21-30)31-22-14-9-15-23-31/h7-15,18-23,25-26,28,35,39-40,43,55,60H,4-6,16-17,24,27H2,1-3H3,(H5-,49,50,52,53,54,56,57,58,59)/p+1/t28-,35+,39+,40-,43-,48-/m0/s1. The predicted octanol–water partition coefficient (Wildman–Crippen LogP) is 4.77. The summed E-state index contributed by atoms with van der Waals surface area (Å²) in [7, 11) is 0.983. The van der Waals surface area contributed by atoms with Crippen LogP contribution in [0.15, 0.2) is 120 Å². The Kier molecular flexibility index (Phi) is 12.4. The fourth-order valence-corrected chi connectivity index (χ4v) is 14.4. The van der Waals surface area contributed by atoms with E-state index in [9.17, 15) is 44.7 Å². The fraction of sp³-hybridized carbons (Fsp3) is 0.333. The number of anilines is 1. The molecular weight excluding hydrogens is 794 g/mol. The van der Waals surface area contributed by atoms with Crippen LogP contribution >= 0.6 is 7.26 Å². The average Bonchev–Trinajstić information content (AvgIpc) is 3.24. The molecule has 7 rings (SSSR count). The highest BCUT2D eigenvalue weighted by Gasteiger charge is 2.68. The van der Waals surface area contributed by atoms with E-state index < -0.39 is 88.7 Å². The third-order valence-corrected chi connectivity index (χ3v) is 17.4. The number of hydrogen-bond acceptors (Lipinski definition) is 10. The van der Waals surface area contributed by atoms with Gasteiger partial charge in [-0.3, -0.25) is 24.1 Å². The number of phenolic OH excluding ortho intramolecular Hbond substituents is 1. The van der Waals surface area contributed by atoms with Gasteiger partial charge >= 0.3 is 0 Å². The van der Waals surface area contributed by atoms with E-state index in [-0.39, 0.29) is 23.6 Å². The maximum absolute atomic E-state index is 14.3. The molecule has 0 radical (unpaired) electrons. The number of likely N-dealkylation sites (N-methyl/N-ethyl adjacent to an activating group) is 1. The van der Waals surface area contributed by atoms with Crippen LogP contribution in [0.2, 0.25) is 0 Å². The average molecular weight is 847 g/mol. The van der Waals surface area contributed by atoms with E-state index >= 15 is 0 Å². The fourth-order valence-electron chi connectivity index (χ4n) is 9.98. The van der Waals surface area contributed by atoms with Crippen molar-refractivity contribution in [3.63, 3.8) is 0 Å². The minimum atomic E-state index is -3.01. The van der Waals surface area contributed by atoms with Gasteiger partial charge in [-0.15, -0.1) is 0 Å². The molecule has 1 saturated carbocycles. The predicted molar refractivity (Wildman–Crippen MR) is 237 cm³/mol. The number of phenols is 1. The molecule has 2 amide bonds. The molecule has 3 aliphatic rings. The van der Waals surface area contributed by atoms with Gasteiger partial charge in [-0.05, 0) is 87.3 Å². The molecular formula is C48H53N3O9P+. The quantitative estimate of drug-likeness (QED) is 0.0400. The summed E-state index contributed by atoms with van der Waals surface area (Å²) in [6.07, 6.45) is 3.84. The Balaban J connectivity index is 1.04. The van der Waals surface area contributed by atoms with Crippen LogP contribution in [0.4, 0.5) is 5.69 Å². The molecule has 6 atom stereocenters. The number of rotatable bonds is 14. The Morgan fingerprint density at radius 3 is 1.84 bits per heavy atom. The van der Waals surface area contributed by atoms with Gasteiger partial charge in [0.05, 0.1) is 35.5 Å². The summed E-state index contributed by atoms with van der Waals surface area (Å²) in [5.41, 5.74) is 1.07. The number of carbonyl (C=O) groups excluding carboxylic acids is 4. The number of nitrogens with two attached hydrogens (primary N) is 1. The molecule has 0 unspecified atom stereocenters. The third kappa shape index (κ3) is 7.35. The molecule has 12 nitrogen and oxygen atoms in total. The molecule has 4 aromatic rings. The molecule has 8 N–H and O–H groups in total. The smallest absolute Gasteiger partial charge is 0.255 e. The van der Waals surface area contributed by atoms with Gasteiger partial charge in [-0.1, -0.05) is 80.4 Å². The first-order valence-electron chi connectivity index (χ1n) is 20.7. The Labute approximate surface area is 355 Å². The lowest BCUT2D eigenvalue weighted by molar-refractivity contribution is -0.169. The van der Waals surface area contributed by atoms with Gasteiger partial charge in [0.1, 0.15) is 46.0 Å². The summed E-state index contributed by atoms with van der Waals surface area (Å²) in [6.45, 7) is 1.65. The minimum absolute atomic E-state index is 0.0142. The highest BCUT2D eigenvalue weighted by Crippen LogP contribution is 2.58. The highest BCUT2D eigenvalue weighted by molar-refractivity contribution is 7.95. The molecule has 3 aliphatic carbocycles. The highest BCUT2D eigenvalue weighted by atomic mass is 31.2. The number of benzene rings is 4. The first kappa shape index (κ1) is 43.4. The number of ketones is 2. The Morgan fingerprint density at radius 1 is 0.787 bits per heavy atom. The van der Waals surface area contributed by atoms with Crippen molar-refractivity contribution in [3.05, 3.63) is 131 Å². The van der Waals surface area contributed by atoms with Gasteiger partial charge in [0.15, 0.2) is 11.4 Å². The van der Waals surface area contributed by atoms with Crippen LogP contribution in [0.5, 0.6) is 5.75 Å². The first-order valence-corrected chi connectivity index (χ1v) is 22.7. The van der Waals surface area contributed by atoms with Crippen molar-refractivity contribution < 1.29 is 44.7 Å². The van der Waals surface area contributed by atoms with Crippen molar-refractivity contribution in [1.82, 2.24) is 4.90 Å². The van der Waals surface area contributed by atoms with Crippen LogP contribution in [0.25, 0.3) is 5.76 Å². The number of primary amides is 1. The second kappa shape index (κ2) is 17.4. The molecule has 0 aromatic heterocycles. The summed E-state index contributed by atoms with van der Waals surface area (Å²) >= 11 is 0. The maximum Gasteiger partial charge on any atom is 0.255 e. The monoisotopic (exact) mass is 846 g/mol. The van der Waals surface area contributed by atoms with E-state index in [0.29, 0.717) is 12.0 Å². The number of carbonyl (C=O) groups is 4. The number of fused-ring (bicyclic) bond motifs is 3. The van der Waals surface area contributed by atoms with Crippen molar-refractivity contribution in [2.24, 2.45) is 17.6 Å². The number of aromatic hydroxyl groups is 1. The minimum Gasteiger partial charge on any atom is -0.508 e. The van der Waals surface area contributed by atoms with Crippen molar-refractivity contribution in [2.45, 2.75) is 69.1 Å². The van der Waals surface area contributed by atoms with Crippen LogP contribution in [-0.4, -0.2) is 91.8 Å². The van der Waals surface area contributed by atoms with Crippen molar-refractivity contribution in [1.29, 1.82) is 0 Å². The van der Waals surface area contributed by atoms with Gasteiger partial charge in [0.2, 0.25) is 11.7 Å². The topological polar surface area (TPSA) is 211 Å². The van der Waals surface area contributed by atoms with E-state index in [1.807, 2.05) is 0 Å². The normalized spacial score (nSPS) is 23.7. The molecule has 1 fully saturated rings. The number of amides is 2. The lowest BCUT2D eigenvalue weighted by atomic mass is 9.54. The van der Waals surface area contributed by atoms with Gasteiger partial charge in [0.25, 0.3) is 5.91 Å². The van der Waals surface area contributed by atoms with Crippen LogP contribution in [0.1, 0.15) is 62.5 Å². The lowest BCUT2D eigenvalue weighted by Crippen LogP contribution is -2.70. The van der Waals surface area contributed by atoms with E-state index in [2.05, 4.69) is 96.3 Å². The van der Waals surface area contributed by atoms with E-state index in [0.717, 1.165) is 31.8 Å². The molecule has 13 heteroatoms. The van der Waals surface area contributed by atoms with E-state index in [1.165, 1.54) is 41.0 Å². The summed E-state index contributed by atoms with van der Waals surface area (Å²) in [5, 5.41) is 64.9. The van der Waals surface area contributed by atoms with E-state index in [4.69, 9.17) is 5.73 Å². The molecule has 0 heterocycles. The largest absolute Gasteiger partial charge is 0.508 e. The Bertz CT molecular complexity index is 2310. The third-order valence-electron chi connectivity index (χ3n) is 12.9. The van der Waals surface area contributed by atoms with Crippen molar-refractivity contribution in [3.8, 4) is 5.75 Å². The van der Waals surface area contributed by atoms with Crippen LogP contribution < -0.4 is 27.0 Å². The zero-order valence-electron chi connectivity index (χ0n) is 34.5. The summed E-state index contributed by atoms with van der Waals surface area (Å²) in [6, 6.07) is 33.9. The van der Waals surface area contributed by atoms with Crippen LogP contribution in [0, 0.1) is 11.8 Å². The number of aliphatic hydroxyl groups excluding tert-OH is 3. The van der Waals surface area contributed by atoms with E-state index in [1.54, 1.807) is 13.0 Å².